The molecule has 0 bridgehead atoms. The maximum atomic E-state index is 12.6. The quantitative estimate of drug-likeness (QED) is 0.857. The first kappa shape index (κ1) is 14.1. The largest absolute Gasteiger partial charge is 0.497 e. The van der Waals surface area contributed by atoms with Crippen molar-refractivity contribution in [2.45, 2.75) is 13.8 Å². The minimum absolute atomic E-state index is 0.124. The molecule has 104 valence electrons. The summed E-state index contributed by atoms with van der Waals surface area (Å²) in [4.78, 5) is 18.5. The van der Waals surface area contributed by atoms with E-state index in [1.807, 2.05) is 38.1 Å². The molecular formula is C16H18N2O2. The Kier molecular flexibility index (Phi) is 4.35. The third-order valence-corrected chi connectivity index (χ3v) is 3.15. The maximum Gasteiger partial charge on any atom is 0.276 e. The first-order valence-electron chi connectivity index (χ1n) is 6.55. The normalized spacial score (nSPS) is 10.2. The molecule has 0 fully saturated rings. The zero-order chi connectivity index (χ0) is 14.5. The van der Waals surface area contributed by atoms with Gasteiger partial charge in [-0.1, -0.05) is 18.2 Å². The van der Waals surface area contributed by atoms with Gasteiger partial charge in [0.05, 0.1) is 7.11 Å². The first-order chi connectivity index (χ1) is 9.67. The van der Waals surface area contributed by atoms with Crippen LogP contribution in [0.1, 0.15) is 23.0 Å². The Morgan fingerprint density at radius 1 is 1.30 bits per heavy atom. The molecule has 0 aliphatic heterocycles. The number of aryl methyl sites for hydroxylation is 1. The highest BCUT2D eigenvalue weighted by Gasteiger charge is 2.19. The van der Waals surface area contributed by atoms with Crippen LogP contribution in [0.25, 0.3) is 0 Å². The predicted molar refractivity (Wildman–Crippen MR) is 79.3 cm³/mol. The summed E-state index contributed by atoms with van der Waals surface area (Å²) in [5.74, 6) is 0.505. The average molecular weight is 270 g/mol. The number of anilines is 1. The van der Waals surface area contributed by atoms with Crippen LogP contribution < -0.4 is 9.64 Å². The summed E-state index contributed by atoms with van der Waals surface area (Å²) in [5, 5.41) is 0. The third kappa shape index (κ3) is 2.79. The van der Waals surface area contributed by atoms with Gasteiger partial charge in [0.25, 0.3) is 5.91 Å². The van der Waals surface area contributed by atoms with E-state index in [2.05, 4.69) is 4.98 Å². The Morgan fingerprint density at radius 3 is 2.70 bits per heavy atom. The molecule has 0 saturated heterocycles. The fraction of sp³-hybridized carbons (Fsp3) is 0.250. The van der Waals surface area contributed by atoms with E-state index in [0.29, 0.717) is 18.0 Å². The minimum Gasteiger partial charge on any atom is -0.497 e. The van der Waals surface area contributed by atoms with Crippen molar-refractivity contribution >= 4 is 11.6 Å². The number of carbonyl (C=O) groups excluding carboxylic acids is 1. The van der Waals surface area contributed by atoms with Gasteiger partial charge in [0.2, 0.25) is 0 Å². The Bertz CT molecular complexity index is 611. The molecular weight excluding hydrogens is 252 g/mol. The number of carbonyl (C=O) groups is 1. The number of rotatable bonds is 4. The molecule has 20 heavy (non-hydrogen) atoms. The summed E-state index contributed by atoms with van der Waals surface area (Å²) >= 11 is 0. The van der Waals surface area contributed by atoms with Gasteiger partial charge in [-0.25, -0.2) is 0 Å². The van der Waals surface area contributed by atoms with Crippen LogP contribution in [0, 0.1) is 6.92 Å². The molecule has 0 atom stereocenters. The van der Waals surface area contributed by atoms with E-state index < -0.39 is 0 Å². The molecule has 0 N–H and O–H groups in total. The van der Waals surface area contributed by atoms with Crippen LogP contribution >= 0.6 is 0 Å². The predicted octanol–water partition coefficient (Wildman–Crippen LogP) is 3.07. The number of pyridine rings is 1. The van der Waals surface area contributed by atoms with Gasteiger partial charge < -0.3 is 9.64 Å². The molecule has 1 aromatic heterocycles. The summed E-state index contributed by atoms with van der Waals surface area (Å²) in [6.07, 6.45) is 1.58. The zero-order valence-corrected chi connectivity index (χ0v) is 12.0. The standard InChI is InChI=1S/C16H18N2O2/c1-4-18(15-8-6-5-7-12(15)2)16(19)14-11-13(20-3)9-10-17-14/h5-11H,4H2,1-3H3. The van der Waals surface area contributed by atoms with Crippen LogP contribution in [-0.4, -0.2) is 24.5 Å². The molecule has 1 heterocycles. The number of methoxy groups -OCH3 is 1. The summed E-state index contributed by atoms with van der Waals surface area (Å²) in [6, 6.07) is 11.2. The lowest BCUT2D eigenvalue weighted by molar-refractivity contribution is 0.0983. The molecule has 0 unspecified atom stereocenters. The van der Waals surface area contributed by atoms with Crippen molar-refractivity contribution < 1.29 is 9.53 Å². The molecule has 2 aromatic rings. The molecule has 0 saturated carbocycles. The van der Waals surface area contributed by atoms with Crippen molar-refractivity contribution in [3.63, 3.8) is 0 Å². The molecule has 2 rings (SSSR count). The average Bonchev–Trinajstić information content (AvgIpc) is 2.49. The molecule has 0 aliphatic rings. The molecule has 0 aliphatic carbocycles. The van der Waals surface area contributed by atoms with E-state index in [4.69, 9.17) is 4.74 Å². The van der Waals surface area contributed by atoms with Crippen LogP contribution in [0.5, 0.6) is 5.75 Å². The maximum absolute atomic E-state index is 12.6. The van der Waals surface area contributed by atoms with Gasteiger partial charge in [0.15, 0.2) is 0 Å². The number of nitrogens with zero attached hydrogens (tertiary/aromatic N) is 2. The summed E-state index contributed by atoms with van der Waals surface area (Å²) < 4.78 is 5.14. The summed E-state index contributed by atoms with van der Waals surface area (Å²) in [6.45, 7) is 4.53. The van der Waals surface area contributed by atoms with Gasteiger partial charge in [0.1, 0.15) is 11.4 Å². The van der Waals surface area contributed by atoms with E-state index in [1.165, 1.54) is 0 Å². The molecule has 0 radical (unpaired) electrons. The number of aromatic nitrogens is 1. The van der Waals surface area contributed by atoms with Crippen LogP contribution in [-0.2, 0) is 0 Å². The highest BCUT2D eigenvalue weighted by atomic mass is 16.5. The highest BCUT2D eigenvalue weighted by Crippen LogP contribution is 2.21. The smallest absolute Gasteiger partial charge is 0.276 e. The van der Waals surface area contributed by atoms with Crippen LogP contribution in [0.3, 0.4) is 0 Å². The fourth-order valence-electron chi connectivity index (χ4n) is 2.08. The second-order valence-electron chi connectivity index (χ2n) is 4.42. The first-order valence-corrected chi connectivity index (χ1v) is 6.55. The fourth-order valence-corrected chi connectivity index (χ4v) is 2.08. The minimum atomic E-state index is -0.124. The number of amides is 1. The van der Waals surface area contributed by atoms with Gasteiger partial charge in [-0.05, 0) is 31.5 Å². The van der Waals surface area contributed by atoms with E-state index in [1.54, 1.807) is 30.3 Å². The topological polar surface area (TPSA) is 42.4 Å². The van der Waals surface area contributed by atoms with E-state index >= 15 is 0 Å². The second-order valence-corrected chi connectivity index (χ2v) is 4.42. The van der Waals surface area contributed by atoms with Gasteiger partial charge in [0, 0.05) is 24.5 Å². The lowest BCUT2D eigenvalue weighted by Crippen LogP contribution is -2.31. The van der Waals surface area contributed by atoms with Crippen molar-refractivity contribution in [2.75, 3.05) is 18.6 Å². The molecule has 4 heteroatoms. The lowest BCUT2D eigenvalue weighted by atomic mass is 10.1. The van der Waals surface area contributed by atoms with Crippen molar-refractivity contribution in [3.8, 4) is 5.75 Å². The number of hydrogen-bond acceptors (Lipinski definition) is 3. The van der Waals surface area contributed by atoms with Crippen molar-refractivity contribution in [2.24, 2.45) is 0 Å². The van der Waals surface area contributed by atoms with Crippen molar-refractivity contribution in [1.29, 1.82) is 0 Å². The number of ether oxygens (including phenoxy) is 1. The highest BCUT2D eigenvalue weighted by molar-refractivity contribution is 6.05. The third-order valence-electron chi connectivity index (χ3n) is 3.15. The van der Waals surface area contributed by atoms with Gasteiger partial charge in [-0.3, -0.25) is 9.78 Å². The van der Waals surface area contributed by atoms with E-state index in [0.717, 1.165) is 11.3 Å². The lowest BCUT2D eigenvalue weighted by Gasteiger charge is -2.22. The summed E-state index contributed by atoms with van der Waals surface area (Å²) in [7, 11) is 1.57. The number of para-hydroxylation sites is 1. The Labute approximate surface area is 119 Å². The van der Waals surface area contributed by atoms with Crippen LogP contribution in [0.15, 0.2) is 42.6 Å². The zero-order valence-electron chi connectivity index (χ0n) is 12.0. The van der Waals surface area contributed by atoms with E-state index in [-0.39, 0.29) is 5.91 Å². The van der Waals surface area contributed by atoms with Crippen molar-refractivity contribution in [3.05, 3.63) is 53.9 Å². The molecule has 0 spiro atoms. The van der Waals surface area contributed by atoms with Crippen molar-refractivity contribution in [1.82, 2.24) is 4.98 Å². The second kappa shape index (κ2) is 6.19. The number of hydrogen-bond donors (Lipinski definition) is 0. The Morgan fingerprint density at radius 2 is 2.05 bits per heavy atom. The van der Waals surface area contributed by atoms with Crippen LogP contribution in [0.2, 0.25) is 0 Å². The van der Waals surface area contributed by atoms with Gasteiger partial charge in [-0.2, -0.15) is 0 Å². The SMILES string of the molecule is CCN(C(=O)c1cc(OC)ccn1)c1ccccc1C. The molecule has 4 nitrogen and oxygen atoms in total. The Hall–Kier alpha value is -2.36. The van der Waals surface area contributed by atoms with Gasteiger partial charge >= 0.3 is 0 Å². The summed E-state index contributed by atoms with van der Waals surface area (Å²) in [5.41, 5.74) is 2.35. The molecule has 1 amide bonds. The van der Waals surface area contributed by atoms with Crippen LogP contribution in [0.4, 0.5) is 5.69 Å². The van der Waals surface area contributed by atoms with Gasteiger partial charge in [-0.15, -0.1) is 0 Å². The Balaban J connectivity index is 2.36. The van der Waals surface area contributed by atoms with E-state index in [9.17, 15) is 4.79 Å². The molecule has 1 aromatic carbocycles. The monoisotopic (exact) mass is 270 g/mol. The number of benzene rings is 1.